The molecule has 0 bridgehead atoms. The maximum Gasteiger partial charge on any atom is 0.247 e. The van der Waals surface area contributed by atoms with Crippen molar-refractivity contribution >= 4 is 23.4 Å². The number of alkyl halides is 1. The summed E-state index contributed by atoms with van der Waals surface area (Å²) in [6, 6.07) is 12.2. The van der Waals surface area contributed by atoms with Crippen LogP contribution in [0.1, 0.15) is 49.3 Å². The number of carbonyl (C=O) groups excluding carboxylic acids is 2. The second-order valence-corrected chi connectivity index (χ2v) is 8.04. The van der Waals surface area contributed by atoms with Crippen LogP contribution in [0.4, 0.5) is 4.39 Å². The second kappa shape index (κ2) is 11.1. The van der Waals surface area contributed by atoms with E-state index in [4.69, 9.17) is 16.3 Å². The van der Waals surface area contributed by atoms with Crippen LogP contribution in [0, 0.1) is 5.82 Å². The van der Waals surface area contributed by atoms with Gasteiger partial charge in [0.25, 0.3) is 0 Å². The van der Waals surface area contributed by atoms with Gasteiger partial charge >= 0.3 is 0 Å². The Morgan fingerprint density at radius 3 is 2.42 bits per heavy atom. The molecule has 0 aliphatic heterocycles. The molecule has 0 spiro atoms. The van der Waals surface area contributed by atoms with Gasteiger partial charge in [-0.25, -0.2) is 4.39 Å². The Hall–Kier alpha value is -2.60. The number of nitrogens with zero attached hydrogens (tertiary/aromatic N) is 1. The summed E-state index contributed by atoms with van der Waals surface area (Å²) >= 11 is 5.89. The number of halogens is 2. The van der Waals surface area contributed by atoms with E-state index in [0.717, 1.165) is 37.7 Å². The lowest BCUT2D eigenvalue weighted by Gasteiger charge is -2.33. The first-order valence-corrected chi connectivity index (χ1v) is 11.1. The minimum atomic E-state index is -1.11. The van der Waals surface area contributed by atoms with Gasteiger partial charge in [-0.3, -0.25) is 9.59 Å². The van der Waals surface area contributed by atoms with Gasteiger partial charge in [0.2, 0.25) is 11.8 Å². The van der Waals surface area contributed by atoms with Gasteiger partial charge in [0.1, 0.15) is 23.5 Å². The zero-order chi connectivity index (χ0) is 22.2. The molecule has 166 valence electrons. The van der Waals surface area contributed by atoms with Crippen molar-refractivity contribution in [3.05, 3.63) is 65.5 Å². The van der Waals surface area contributed by atoms with E-state index in [2.05, 4.69) is 5.32 Å². The molecule has 5 nitrogen and oxygen atoms in total. The molecule has 1 saturated carbocycles. The highest BCUT2D eigenvalue weighted by Gasteiger charge is 2.34. The van der Waals surface area contributed by atoms with Gasteiger partial charge in [-0.1, -0.05) is 49.6 Å². The number of hydrogen-bond donors (Lipinski definition) is 1. The standard InChI is InChI=1S/C24H28ClFN2O3/c1-31-19-13-11-17(12-14-19)16-28(22(29)15-25)23(20-9-5-6-10-21(20)26)24(30)27-18-7-3-2-4-8-18/h5-6,9-14,18,23H,2-4,7-8,15-16H2,1H3,(H,27,30)/t23-/m0/s1. The van der Waals surface area contributed by atoms with Crippen molar-refractivity contribution in [2.24, 2.45) is 0 Å². The largest absolute Gasteiger partial charge is 0.497 e. The summed E-state index contributed by atoms with van der Waals surface area (Å²) in [5.41, 5.74) is 0.939. The summed E-state index contributed by atoms with van der Waals surface area (Å²) in [7, 11) is 1.57. The number of benzene rings is 2. The van der Waals surface area contributed by atoms with E-state index >= 15 is 0 Å². The fraction of sp³-hybridized carbons (Fsp3) is 0.417. The molecule has 0 heterocycles. The van der Waals surface area contributed by atoms with E-state index in [-0.39, 0.29) is 29.9 Å². The van der Waals surface area contributed by atoms with Crippen LogP contribution in [0.15, 0.2) is 48.5 Å². The summed E-state index contributed by atoms with van der Waals surface area (Å²) in [5.74, 6) is -0.987. The number of methoxy groups -OCH3 is 1. The van der Waals surface area contributed by atoms with Crippen molar-refractivity contribution in [3.63, 3.8) is 0 Å². The van der Waals surface area contributed by atoms with E-state index in [0.29, 0.717) is 5.75 Å². The van der Waals surface area contributed by atoms with Crippen LogP contribution in [0.3, 0.4) is 0 Å². The van der Waals surface area contributed by atoms with Crippen molar-refractivity contribution in [3.8, 4) is 5.75 Å². The minimum absolute atomic E-state index is 0.0319. The van der Waals surface area contributed by atoms with Crippen LogP contribution >= 0.6 is 11.6 Å². The highest BCUT2D eigenvalue weighted by Crippen LogP contribution is 2.28. The van der Waals surface area contributed by atoms with Crippen molar-refractivity contribution in [2.75, 3.05) is 13.0 Å². The van der Waals surface area contributed by atoms with Crippen molar-refractivity contribution in [2.45, 2.75) is 50.7 Å². The summed E-state index contributed by atoms with van der Waals surface area (Å²) < 4.78 is 20.0. The van der Waals surface area contributed by atoms with Crippen molar-refractivity contribution < 1.29 is 18.7 Å². The molecule has 31 heavy (non-hydrogen) atoms. The highest BCUT2D eigenvalue weighted by atomic mass is 35.5. The fourth-order valence-corrected chi connectivity index (χ4v) is 4.16. The summed E-state index contributed by atoms with van der Waals surface area (Å²) in [5, 5.41) is 3.05. The van der Waals surface area contributed by atoms with Gasteiger partial charge in [0, 0.05) is 18.2 Å². The normalized spacial score (nSPS) is 15.2. The lowest BCUT2D eigenvalue weighted by atomic mass is 9.94. The van der Waals surface area contributed by atoms with Gasteiger partial charge in [0.05, 0.1) is 7.11 Å². The summed E-state index contributed by atoms with van der Waals surface area (Å²) in [6.07, 6.45) is 5.02. The number of carbonyl (C=O) groups is 2. The maximum atomic E-state index is 14.8. The number of ether oxygens (including phenoxy) is 1. The Kier molecular flexibility index (Phi) is 8.29. The Morgan fingerprint density at radius 1 is 1.13 bits per heavy atom. The number of nitrogens with one attached hydrogen (secondary N) is 1. The molecule has 1 fully saturated rings. The molecule has 2 aromatic carbocycles. The van der Waals surface area contributed by atoms with Crippen LogP contribution in [0.2, 0.25) is 0 Å². The van der Waals surface area contributed by atoms with E-state index < -0.39 is 17.8 Å². The van der Waals surface area contributed by atoms with Crippen molar-refractivity contribution in [1.29, 1.82) is 0 Å². The van der Waals surface area contributed by atoms with Crippen LogP contribution < -0.4 is 10.1 Å². The van der Waals surface area contributed by atoms with E-state index in [1.165, 1.54) is 11.0 Å². The first-order chi connectivity index (χ1) is 15.0. The summed E-state index contributed by atoms with van der Waals surface area (Å²) in [6.45, 7) is 0.118. The molecule has 0 unspecified atom stereocenters. The number of hydrogen-bond acceptors (Lipinski definition) is 3. The molecule has 1 N–H and O–H groups in total. The molecule has 1 atom stereocenters. The van der Waals surface area contributed by atoms with E-state index in [1.54, 1.807) is 37.4 Å². The Bertz CT molecular complexity index is 885. The molecule has 7 heteroatoms. The maximum absolute atomic E-state index is 14.8. The molecule has 1 aliphatic rings. The van der Waals surface area contributed by atoms with Gasteiger partial charge in [-0.15, -0.1) is 11.6 Å². The van der Waals surface area contributed by atoms with Crippen LogP contribution in [0.5, 0.6) is 5.75 Å². The smallest absolute Gasteiger partial charge is 0.247 e. The van der Waals surface area contributed by atoms with E-state index in [9.17, 15) is 14.0 Å². The third-order valence-electron chi connectivity index (χ3n) is 5.66. The zero-order valence-corrected chi connectivity index (χ0v) is 18.4. The SMILES string of the molecule is COc1ccc(CN(C(=O)CCl)[C@H](C(=O)NC2CCCCC2)c2ccccc2F)cc1. The molecule has 1 aliphatic carbocycles. The summed E-state index contributed by atoms with van der Waals surface area (Å²) in [4.78, 5) is 27.6. The molecular weight excluding hydrogens is 419 g/mol. The fourth-order valence-electron chi connectivity index (χ4n) is 4.00. The topological polar surface area (TPSA) is 58.6 Å². The second-order valence-electron chi connectivity index (χ2n) is 7.77. The Labute approximate surface area is 187 Å². The zero-order valence-electron chi connectivity index (χ0n) is 17.7. The first kappa shape index (κ1) is 23.1. The molecule has 0 aromatic heterocycles. The predicted molar refractivity (Wildman–Crippen MR) is 118 cm³/mol. The Morgan fingerprint density at radius 2 is 1.81 bits per heavy atom. The lowest BCUT2D eigenvalue weighted by Crippen LogP contribution is -2.47. The average molecular weight is 447 g/mol. The van der Waals surface area contributed by atoms with E-state index in [1.807, 2.05) is 12.1 Å². The monoisotopic (exact) mass is 446 g/mol. The molecular formula is C24H28ClFN2O3. The average Bonchev–Trinajstić information content (AvgIpc) is 2.80. The van der Waals surface area contributed by atoms with Crippen LogP contribution in [0.25, 0.3) is 0 Å². The van der Waals surface area contributed by atoms with Gasteiger partial charge < -0.3 is 15.0 Å². The number of rotatable bonds is 8. The predicted octanol–water partition coefficient (Wildman–Crippen LogP) is 4.59. The molecule has 3 rings (SSSR count). The van der Waals surface area contributed by atoms with Crippen LogP contribution in [-0.4, -0.2) is 35.7 Å². The van der Waals surface area contributed by atoms with Gasteiger partial charge in [-0.05, 0) is 36.6 Å². The lowest BCUT2D eigenvalue weighted by molar-refractivity contribution is -0.140. The quantitative estimate of drug-likeness (QED) is 0.603. The van der Waals surface area contributed by atoms with Gasteiger partial charge in [0.15, 0.2) is 0 Å². The molecule has 0 radical (unpaired) electrons. The third kappa shape index (κ3) is 5.97. The molecule has 2 amide bonds. The molecule has 0 saturated heterocycles. The Balaban J connectivity index is 1.94. The minimum Gasteiger partial charge on any atom is -0.497 e. The highest BCUT2D eigenvalue weighted by molar-refractivity contribution is 6.27. The van der Waals surface area contributed by atoms with Crippen LogP contribution in [-0.2, 0) is 16.1 Å². The third-order valence-corrected chi connectivity index (χ3v) is 5.89. The van der Waals surface area contributed by atoms with Gasteiger partial charge in [-0.2, -0.15) is 0 Å². The molecule has 2 aromatic rings. The number of amides is 2. The van der Waals surface area contributed by atoms with Crippen molar-refractivity contribution in [1.82, 2.24) is 10.2 Å². The first-order valence-electron chi connectivity index (χ1n) is 10.6.